The Bertz CT molecular complexity index is 498. The number of ether oxygens (including phenoxy) is 2. The van der Waals surface area contributed by atoms with Crippen LogP contribution in [0.1, 0.15) is 19.8 Å². The molecule has 2 atom stereocenters. The van der Waals surface area contributed by atoms with E-state index in [0.29, 0.717) is 25.0 Å². The van der Waals surface area contributed by atoms with Crippen LogP contribution in [0.2, 0.25) is 0 Å². The molecule has 4 N–H and O–H groups in total. The number of anilines is 3. The number of fused-ring (bicyclic) bond motifs is 1. The van der Waals surface area contributed by atoms with Crippen molar-refractivity contribution >= 4 is 17.5 Å². The number of rotatable bonds is 4. The number of aromatic nitrogens is 2. The van der Waals surface area contributed by atoms with Gasteiger partial charge in [0, 0.05) is 0 Å². The van der Waals surface area contributed by atoms with Crippen LogP contribution in [0.3, 0.4) is 0 Å². The average Bonchev–Trinajstić information content (AvgIpc) is 3.04. The van der Waals surface area contributed by atoms with E-state index in [9.17, 15) is 0 Å². The predicted molar refractivity (Wildman–Crippen MR) is 73.6 cm³/mol. The normalized spacial score (nSPS) is 24.6. The number of aliphatic hydroxyl groups excluding tert-OH is 1. The smallest absolute Gasteiger partial charge is 0.244 e. The largest absolute Gasteiger partial charge is 0.476 e. The molecule has 0 aliphatic carbocycles. The fourth-order valence-electron chi connectivity index (χ4n) is 2.58. The summed E-state index contributed by atoms with van der Waals surface area (Å²) in [6, 6.07) is 0. The molecule has 1 aromatic rings. The third-order valence-corrected chi connectivity index (χ3v) is 3.49. The van der Waals surface area contributed by atoms with Crippen LogP contribution >= 0.6 is 0 Å². The van der Waals surface area contributed by atoms with E-state index in [0.717, 1.165) is 18.5 Å². The van der Waals surface area contributed by atoms with Gasteiger partial charge in [-0.15, -0.1) is 0 Å². The standard InChI is InChI=1S/C12H19N5O3/c1-2-19-11-9-10(15-12(13)16-11)17(6-14-9)8-4-3-7(5-18)20-8/h7-8,14,18H,2-6H2,1H3,(H2,13,15,16). The van der Waals surface area contributed by atoms with Gasteiger partial charge in [0.15, 0.2) is 5.82 Å². The molecule has 0 saturated carbocycles. The Hall–Kier alpha value is -1.80. The summed E-state index contributed by atoms with van der Waals surface area (Å²) >= 11 is 0. The number of nitrogens with two attached hydrogens (primary N) is 1. The van der Waals surface area contributed by atoms with Gasteiger partial charge in [0.1, 0.15) is 11.9 Å². The first-order valence-corrected chi connectivity index (χ1v) is 6.80. The molecular formula is C12H19N5O3. The van der Waals surface area contributed by atoms with Gasteiger partial charge in [0.05, 0.1) is 26.0 Å². The maximum absolute atomic E-state index is 9.16. The van der Waals surface area contributed by atoms with Crippen LogP contribution in [0.15, 0.2) is 0 Å². The number of hydrogen-bond donors (Lipinski definition) is 3. The lowest BCUT2D eigenvalue weighted by molar-refractivity contribution is 0.0115. The minimum Gasteiger partial charge on any atom is -0.476 e. The molecule has 8 nitrogen and oxygen atoms in total. The van der Waals surface area contributed by atoms with Gasteiger partial charge in [0.25, 0.3) is 0 Å². The highest BCUT2D eigenvalue weighted by Gasteiger charge is 2.36. The third-order valence-electron chi connectivity index (χ3n) is 3.49. The number of aliphatic hydroxyl groups is 1. The summed E-state index contributed by atoms with van der Waals surface area (Å²) in [5.74, 6) is 1.34. The van der Waals surface area contributed by atoms with Crippen molar-refractivity contribution in [2.45, 2.75) is 32.1 Å². The number of nitrogens with zero attached hydrogens (tertiary/aromatic N) is 3. The van der Waals surface area contributed by atoms with Crippen LogP contribution < -0.4 is 20.7 Å². The SMILES string of the molecule is CCOc1nc(N)nc2c1NCN2C1CCC(CO)O1. The summed E-state index contributed by atoms with van der Waals surface area (Å²) in [6.07, 6.45) is 1.48. The molecule has 110 valence electrons. The summed E-state index contributed by atoms with van der Waals surface area (Å²) in [6.45, 7) is 3.01. The van der Waals surface area contributed by atoms with Crippen molar-refractivity contribution in [1.82, 2.24) is 9.97 Å². The van der Waals surface area contributed by atoms with Gasteiger partial charge in [-0.1, -0.05) is 0 Å². The predicted octanol–water partition coefficient (Wildman–Crippen LogP) is 0.144. The topological polar surface area (TPSA) is 106 Å². The number of hydrogen-bond acceptors (Lipinski definition) is 8. The highest BCUT2D eigenvalue weighted by Crippen LogP contribution is 2.40. The summed E-state index contributed by atoms with van der Waals surface area (Å²) in [5, 5.41) is 12.4. The molecule has 1 aromatic heterocycles. The van der Waals surface area contributed by atoms with Crippen molar-refractivity contribution in [3.63, 3.8) is 0 Å². The van der Waals surface area contributed by atoms with E-state index in [4.69, 9.17) is 20.3 Å². The summed E-state index contributed by atoms with van der Waals surface area (Å²) in [4.78, 5) is 10.4. The molecule has 1 fully saturated rings. The quantitative estimate of drug-likeness (QED) is 0.716. The van der Waals surface area contributed by atoms with Crippen LogP contribution in [0.4, 0.5) is 17.5 Å². The molecule has 3 rings (SSSR count). The second kappa shape index (κ2) is 5.29. The minimum absolute atomic E-state index is 0.0424. The molecule has 20 heavy (non-hydrogen) atoms. The zero-order valence-electron chi connectivity index (χ0n) is 11.4. The van der Waals surface area contributed by atoms with Crippen molar-refractivity contribution in [2.24, 2.45) is 0 Å². The van der Waals surface area contributed by atoms with Crippen LogP contribution in [0.25, 0.3) is 0 Å². The van der Waals surface area contributed by atoms with Crippen LogP contribution in [0, 0.1) is 0 Å². The van der Waals surface area contributed by atoms with Crippen LogP contribution in [-0.2, 0) is 4.74 Å². The molecule has 0 amide bonds. The van der Waals surface area contributed by atoms with E-state index in [1.165, 1.54) is 0 Å². The molecule has 0 bridgehead atoms. The van der Waals surface area contributed by atoms with Gasteiger partial charge < -0.3 is 30.5 Å². The molecule has 1 saturated heterocycles. The fourth-order valence-corrected chi connectivity index (χ4v) is 2.58. The minimum atomic E-state index is -0.107. The maximum Gasteiger partial charge on any atom is 0.244 e. The van der Waals surface area contributed by atoms with E-state index in [1.807, 2.05) is 11.8 Å². The number of nitrogens with one attached hydrogen (secondary N) is 1. The van der Waals surface area contributed by atoms with Crippen LogP contribution in [-0.4, -0.2) is 47.3 Å². The Morgan fingerprint density at radius 2 is 2.35 bits per heavy atom. The molecule has 0 spiro atoms. The third kappa shape index (κ3) is 2.20. The van der Waals surface area contributed by atoms with Crippen molar-refractivity contribution in [3.8, 4) is 5.88 Å². The van der Waals surface area contributed by atoms with Gasteiger partial charge in [0.2, 0.25) is 11.8 Å². The van der Waals surface area contributed by atoms with Crippen molar-refractivity contribution in [1.29, 1.82) is 0 Å². The Morgan fingerprint density at radius 3 is 3.05 bits per heavy atom. The molecule has 8 heteroatoms. The van der Waals surface area contributed by atoms with Gasteiger partial charge in [-0.3, -0.25) is 0 Å². The Morgan fingerprint density at radius 1 is 1.50 bits per heavy atom. The zero-order chi connectivity index (χ0) is 14.1. The summed E-state index contributed by atoms with van der Waals surface area (Å²) < 4.78 is 11.3. The van der Waals surface area contributed by atoms with E-state index in [1.54, 1.807) is 0 Å². The molecule has 2 aliphatic rings. The molecular weight excluding hydrogens is 262 g/mol. The lowest BCUT2D eigenvalue weighted by atomic mass is 10.2. The van der Waals surface area contributed by atoms with Crippen molar-refractivity contribution < 1.29 is 14.6 Å². The monoisotopic (exact) mass is 281 g/mol. The van der Waals surface area contributed by atoms with Crippen LogP contribution in [0.5, 0.6) is 5.88 Å². The van der Waals surface area contributed by atoms with Gasteiger partial charge >= 0.3 is 0 Å². The summed E-state index contributed by atoms with van der Waals surface area (Å²) in [5.41, 5.74) is 6.49. The van der Waals surface area contributed by atoms with Gasteiger partial charge in [-0.25, -0.2) is 0 Å². The van der Waals surface area contributed by atoms with E-state index < -0.39 is 0 Å². The molecule has 2 unspecified atom stereocenters. The van der Waals surface area contributed by atoms with Gasteiger partial charge in [-0.2, -0.15) is 9.97 Å². The lowest BCUT2D eigenvalue weighted by Crippen LogP contribution is -2.36. The summed E-state index contributed by atoms with van der Waals surface area (Å²) in [7, 11) is 0. The maximum atomic E-state index is 9.16. The molecule has 2 aliphatic heterocycles. The van der Waals surface area contributed by atoms with Crippen molar-refractivity contribution in [3.05, 3.63) is 0 Å². The average molecular weight is 281 g/mol. The Kier molecular flexibility index (Phi) is 3.49. The second-order valence-corrected chi connectivity index (χ2v) is 4.80. The number of nitrogen functional groups attached to an aromatic ring is 1. The second-order valence-electron chi connectivity index (χ2n) is 4.80. The first kappa shape index (κ1) is 13.2. The van der Waals surface area contributed by atoms with Crippen molar-refractivity contribution in [2.75, 3.05) is 35.8 Å². The Balaban J connectivity index is 1.86. The highest BCUT2D eigenvalue weighted by atomic mass is 16.5. The first-order valence-electron chi connectivity index (χ1n) is 6.80. The fraction of sp³-hybridized carbons (Fsp3) is 0.667. The van der Waals surface area contributed by atoms with E-state index in [-0.39, 0.29) is 24.9 Å². The lowest BCUT2D eigenvalue weighted by Gasteiger charge is -2.24. The van der Waals surface area contributed by atoms with Gasteiger partial charge in [-0.05, 0) is 19.8 Å². The molecule has 0 radical (unpaired) electrons. The zero-order valence-corrected chi connectivity index (χ0v) is 11.4. The van der Waals surface area contributed by atoms with E-state index >= 15 is 0 Å². The molecule has 3 heterocycles. The molecule has 0 aromatic carbocycles. The highest BCUT2D eigenvalue weighted by molar-refractivity contribution is 5.76. The first-order chi connectivity index (χ1) is 9.72. The Labute approximate surface area is 116 Å². The van der Waals surface area contributed by atoms with E-state index in [2.05, 4.69) is 15.3 Å².